The van der Waals surface area contributed by atoms with Crippen molar-refractivity contribution in [1.29, 1.82) is 0 Å². The maximum absolute atomic E-state index is 5.63. The first-order valence-corrected chi connectivity index (χ1v) is 8.11. The van der Waals surface area contributed by atoms with Crippen LogP contribution in [0.25, 0.3) is 10.8 Å². The number of benzene rings is 2. The first-order valence-electron chi connectivity index (χ1n) is 7.13. The molecule has 0 aliphatic rings. The molecular formula is C17H22O2S. The SMILES string of the molecule is CCCCCSc1ccc(OCOC)c2ccccc12. The minimum Gasteiger partial charge on any atom is -0.467 e. The second-order valence-electron chi connectivity index (χ2n) is 4.71. The molecule has 3 heteroatoms. The zero-order valence-electron chi connectivity index (χ0n) is 12.2. The van der Waals surface area contributed by atoms with Crippen molar-refractivity contribution in [2.45, 2.75) is 31.1 Å². The van der Waals surface area contributed by atoms with E-state index in [1.54, 1.807) is 7.11 Å². The lowest BCUT2D eigenvalue weighted by atomic mass is 10.1. The molecule has 0 N–H and O–H groups in total. The number of rotatable bonds is 8. The van der Waals surface area contributed by atoms with E-state index in [4.69, 9.17) is 9.47 Å². The van der Waals surface area contributed by atoms with E-state index in [1.807, 2.05) is 23.9 Å². The molecule has 108 valence electrons. The molecule has 0 aliphatic carbocycles. The van der Waals surface area contributed by atoms with Crippen molar-refractivity contribution in [3.63, 3.8) is 0 Å². The Morgan fingerprint density at radius 3 is 2.55 bits per heavy atom. The fourth-order valence-corrected chi connectivity index (χ4v) is 3.22. The number of unbranched alkanes of at least 4 members (excludes halogenated alkanes) is 2. The van der Waals surface area contributed by atoms with E-state index in [0.717, 1.165) is 11.1 Å². The summed E-state index contributed by atoms with van der Waals surface area (Å²) in [7, 11) is 1.64. The molecule has 2 rings (SSSR count). The molecule has 0 radical (unpaired) electrons. The molecule has 0 bridgehead atoms. The molecule has 0 amide bonds. The fraction of sp³-hybridized carbons (Fsp3) is 0.412. The van der Waals surface area contributed by atoms with Gasteiger partial charge in [-0.25, -0.2) is 0 Å². The Morgan fingerprint density at radius 2 is 1.80 bits per heavy atom. The van der Waals surface area contributed by atoms with Crippen LogP contribution in [0.3, 0.4) is 0 Å². The van der Waals surface area contributed by atoms with Crippen LogP contribution in [0.1, 0.15) is 26.2 Å². The van der Waals surface area contributed by atoms with Crippen LogP contribution in [0.2, 0.25) is 0 Å². The first-order chi connectivity index (χ1) is 9.86. The van der Waals surface area contributed by atoms with E-state index in [2.05, 4.69) is 31.2 Å². The molecule has 2 aromatic carbocycles. The summed E-state index contributed by atoms with van der Waals surface area (Å²) in [4.78, 5) is 1.33. The van der Waals surface area contributed by atoms with Crippen LogP contribution >= 0.6 is 11.8 Å². The van der Waals surface area contributed by atoms with Crippen molar-refractivity contribution in [3.05, 3.63) is 36.4 Å². The Balaban J connectivity index is 2.19. The second-order valence-corrected chi connectivity index (χ2v) is 5.85. The van der Waals surface area contributed by atoms with Gasteiger partial charge in [0.15, 0.2) is 6.79 Å². The highest BCUT2D eigenvalue weighted by Gasteiger charge is 2.07. The largest absolute Gasteiger partial charge is 0.467 e. The summed E-state index contributed by atoms with van der Waals surface area (Å²) < 4.78 is 10.6. The predicted molar refractivity (Wildman–Crippen MR) is 86.7 cm³/mol. The van der Waals surface area contributed by atoms with Crippen LogP contribution in [0.4, 0.5) is 0 Å². The van der Waals surface area contributed by atoms with Gasteiger partial charge in [-0.1, -0.05) is 44.0 Å². The third kappa shape index (κ3) is 3.90. The van der Waals surface area contributed by atoms with Crippen molar-refractivity contribution in [2.24, 2.45) is 0 Å². The average Bonchev–Trinajstić information content (AvgIpc) is 2.50. The summed E-state index contributed by atoms with van der Waals surface area (Å²) in [6.07, 6.45) is 3.85. The number of hydrogen-bond donors (Lipinski definition) is 0. The van der Waals surface area contributed by atoms with Crippen LogP contribution in [0.5, 0.6) is 5.75 Å². The lowest BCUT2D eigenvalue weighted by Gasteiger charge is -2.11. The summed E-state index contributed by atoms with van der Waals surface area (Å²) in [5, 5.41) is 2.42. The van der Waals surface area contributed by atoms with E-state index in [-0.39, 0.29) is 6.79 Å². The van der Waals surface area contributed by atoms with Crippen molar-refractivity contribution in [3.8, 4) is 5.75 Å². The number of methoxy groups -OCH3 is 1. The number of ether oxygens (including phenoxy) is 2. The molecule has 0 spiro atoms. The third-order valence-corrected chi connectivity index (χ3v) is 4.34. The molecule has 0 aliphatic heterocycles. The molecule has 0 aromatic heterocycles. The maximum atomic E-state index is 5.63. The first kappa shape index (κ1) is 15.2. The van der Waals surface area contributed by atoms with Crippen LogP contribution in [0, 0.1) is 0 Å². The molecule has 0 saturated carbocycles. The Labute approximate surface area is 125 Å². The van der Waals surface area contributed by atoms with Gasteiger partial charge in [-0.05, 0) is 29.7 Å². The minimum absolute atomic E-state index is 0.285. The zero-order valence-corrected chi connectivity index (χ0v) is 13.0. The Morgan fingerprint density at radius 1 is 1.00 bits per heavy atom. The number of hydrogen-bond acceptors (Lipinski definition) is 3. The molecule has 20 heavy (non-hydrogen) atoms. The standard InChI is InChI=1S/C17H22O2S/c1-3-4-7-12-20-17-11-10-16(19-13-18-2)14-8-5-6-9-15(14)17/h5-6,8-11H,3-4,7,12-13H2,1-2H3. The molecule has 0 heterocycles. The van der Waals surface area contributed by atoms with Crippen molar-refractivity contribution in [2.75, 3.05) is 19.7 Å². The third-order valence-electron chi connectivity index (χ3n) is 3.18. The zero-order chi connectivity index (χ0) is 14.2. The van der Waals surface area contributed by atoms with Crippen LogP contribution in [-0.2, 0) is 4.74 Å². The molecule has 0 saturated heterocycles. The van der Waals surface area contributed by atoms with Gasteiger partial charge in [0.05, 0.1) is 0 Å². The molecule has 2 aromatic rings. The van der Waals surface area contributed by atoms with Gasteiger partial charge in [0, 0.05) is 17.4 Å². The minimum atomic E-state index is 0.285. The average molecular weight is 290 g/mol. The lowest BCUT2D eigenvalue weighted by Crippen LogP contribution is -1.99. The highest BCUT2D eigenvalue weighted by molar-refractivity contribution is 7.99. The number of thioether (sulfide) groups is 1. The van der Waals surface area contributed by atoms with Crippen LogP contribution in [0.15, 0.2) is 41.3 Å². The molecule has 2 nitrogen and oxygen atoms in total. The monoisotopic (exact) mass is 290 g/mol. The van der Waals surface area contributed by atoms with Crippen LogP contribution < -0.4 is 4.74 Å². The van der Waals surface area contributed by atoms with Gasteiger partial charge in [-0.15, -0.1) is 11.8 Å². The van der Waals surface area contributed by atoms with E-state index in [0.29, 0.717) is 0 Å². The topological polar surface area (TPSA) is 18.5 Å². The Bertz CT molecular complexity index is 540. The van der Waals surface area contributed by atoms with Gasteiger partial charge < -0.3 is 9.47 Å². The Kier molecular flexibility index (Phi) is 6.22. The van der Waals surface area contributed by atoms with Gasteiger partial charge in [0.1, 0.15) is 5.75 Å². The van der Waals surface area contributed by atoms with Gasteiger partial charge in [0.25, 0.3) is 0 Å². The van der Waals surface area contributed by atoms with E-state index < -0.39 is 0 Å². The number of fused-ring (bicyclic) bond motifs is 1. The summed E-state index contributed by atoms with van der Waals surface area (Å²) in [6, 6.07) is 12.6. The van der Waals surface area contributed by atoms with E-state index >= 15 is 0 Å². The smallest absolute Gasteiger partial charge is 0.188 e. The van der Waals surface area contributed by atoms with E-state index in [1.165, 1.54) is 35.3 Å². The second kappa shape index (κ2) is 8.18. The summed E-state index contributed by atoms with van der Waals surface area (Å²) >= 11 is 1.94. The van der Waals surface area contributed by atoms with Gasteiger partial charge in [-0.3, -0.25) is 0 Å². The fourth-order valence-electron chi connectivity index (χ4n) is 2.15. The van der Waals surface area contributed by atoms with Gasteiger partial charge in [0.2, 0.25) is 0 Å². The molecular weight excluding hydrogens is 268 g/mol. The predicted octanol–water partition coefficient (Wildman–Crippen LogP) is 5.10. The van der Waals surface area contributed by atoms with Gasteiger partial charge in [-0.2, -0.15) is 0 Å². The van der Waals surface area contributed by atoms with Crippen molar-refractivity contribution >= 4 is 22.5 Å². The van der Waals surface area contributed by atoms with Crippen molar-refractivity contribution in [1.82, 2.24) is 0 Å². The summed E-state index contributed by atoms with van der Waals surface area (Å²) in [5.41, 5.74) is 0. The lowest BCUT2D eigenvalue weighted by molar-refractivity contribution is 0.0522. The van der Waals surface area contributed by atoms with Crippen LogP contribution in [-0.4, -0.2) is 19.7 Å². The quantitative estimate of drug-likeness (QED) is 0.382. The molecule has 0 unspecified atom stereocenters. The van der Waals surface area contributed by atoms with Gasteiger partial charge >= 0.3 is 0 Å². The highest BCUT2D eigenvalue weighted by Crippen LogP contribution is 2.34. The molecule has 0 fully saturated rings. The van der Waals surface area contributed by atoms with E-state index in [9.17, 15) is 0 Å². The normalized spacial score (nSPS) is 10.9. The Hall–Kier alpha value is -1.19. The maximum Gasteiger partial charge on any atom is 0.188 e. The highest BCUT2D eigenvalue weighted by atomic mass is 32.2. The molecule has 0 atom stereocenters. The summed E-state index contributed by atoms with van der Waals surface area (Å²) in [6.45, 7) is 2.52. The van der Waals surface area contributed by atoms with Crippen molar-refractivity contribution < 1.29 is 9.47 Å². The summed E-state index contributed by atoms with van der Waals surface area (Å²) in [5.74, 6) is 2.07.